The lowest BCUT2D eigenvalue weighted by molar-refractivity contribution is -0.139. The average molecular weight is 550 g/mol. The third-order valence-corrected chi connectivity index (χ3v) is 8.47. The van der Waals surface area contributed by atoms with Crippen LogP contribution in [0.3, 0.4) is 0 Å². The van der Waals surface area contributed by atoms with Crippen LogP contribution in [-0.2, 0) is 26.0 Å². The maximum Gasteiger partial charge on any atom is 0.264 e. The van der Waals surface area contributed by atoms with Gasteiger partial charge < -0.3 is 10.2 Å². The smallest absolute Gasteiger partial charge is 0.264 e. The Kier molecular flexibility index (Phi) is 11.1. The van der Waals surface area contributed by atoms with Crippen LogP contribution in [0.2, 0.25) is 0 Å². The van der Waals surface area contributed by atoms with Gasteiger partial charge in [0.05, 0.1) is 10.6 Å². The van der Waals surface area contributed by atoms with E-state index in [1.807, 2.05) is 63.2 Å². The van der Waals surface area contributed by atoms with Gasteiger partial charge in [-0.2, -0.15) is 0 Å². The van der Waals surface area contributed by atoms with E-state index >= 15 is 0 Å². The lowest BCUT2D eigenvalue weighted by atomic mass is 10.1. The van der Waals surface area contributed by atoms with Crippen molar-refractivity contribution < 1.29 is 18.0 Å². The highest BCUT2D eigenvalue weighted by Gasteiger charge is 2.33. The summed E-state index contributed by atoms with van der Waals surface area (Å²) in [6, 6.07) is 24.2. The molecule has 0 aliphatic rings. The Balaban J connectivity index is 1.98. The van der Waals surface area contributed by atoms with Gasteiger partial charge in [0.15, 0.2) is 0 Å². The number of aryl methyl sites for hydroxylation is 1. The number of nitrogens with one attached hydrogen (secondary N) is 1. The molecule has 0 saturated carbocycles. The molecule has 3 aromatic rings. The molecule has 208 valence electrons. The van der Waals surface area contributed by atoms with Crippen molar-refractivity contribution in [1.29, 1.82) is 0 Å². The number of para-hydroxylation sites is 1. The highest BCUT2D eigenvalue weighted by atomic mass is 32.2. The molecule has 0 bridgehead atoms. The van der Waals surface area contributed by atoms with Gasteiger partial charge in [0.1, 0.15) is 12.6 Å². The van der Waals surface area contributed by atoms with Crippen molar-refractivity contribution in [3.05, 3.63) is 96.1 Å². The van der Waals surface area contributed by atoms with Crippen LogP contribution in [0.15, 0.2) is 89.8 Å². The number of carbonyl (C=O) groups is 2. The topological polar surface area (TPSA) is 86.8 Å². The third kappa shape index (κ3) is 7.93. The van der Waals surface area contributed by atoms with Crippen LogP contribution in [0.1, 0.15) is 44.2 Å². The van der Waals surface area contributed by atoms with Gasteiger partial charge in [0, 0.05) is 13.1 Å². The summed E-state index contributed by atoms with van der Waals surface area (Å²) in [4.78, 5) is 28.8. The molecule has 1 N–H and O–H groups in total. The SMILES string of the molecule is CCCCNC(=O)[C@H](CC)N(CCc1ccccc1)C(=O)CN(c1ccccc1C)S(=O)(=O)c1ccccc1. The molecule has 7 nitrogen and oxygen atoms in total. The minimum absolute atomic E-state index is 0.0984. The van der Waals surface area contributed by atoms with Crippen LogP contribution in [0.4, 0.5) is 5.69 Å². The van der Waals surface area contributed by atoms with E-state index in [1.165, 1.54) is 12.1 Å². The molecule has 0 aliphatic heterocycles. The predicted molar refractivity (Wildman–Crippen MR) is 156 cm³/mol. The number of nitrogens with zero attached hydrogens (tertiary/aromatic N) is 2. The van der Waals surface area contributed by atoms with Crippen LogP contribution in [0.5, 0.6) is 0 Å². The summed E-state index contributed by atoms with van der Waals surface area (Å²) in [7, 11) is -4.06. The Morgan fingerprint density at radius 2 is 1.49 bits per heavy atom. The molecule has 3 aromatic carbocycles. The van der Waals surface area contributed by atoms with E-state index in [-0.39, 0.29) is 17.3 Å². The van der Waals surface area contributed by atoms with Gasteiger partial charge in [-0.15, -0.1) is 0 Å². The van der Waals surface area contributed by atoms with E-state index in [2.05, 4.69) is 5.32 Å². The minimum atomic E-state index is -4.06. The molecular weight excluding hydrogens is 510 g/mol. The fraction of sp³-hybridized carbons (Fsp3) is 0.355. The molecule has 3 rings (SSSR count). The maximum absolute atomic E-state index is 14.0. The van der Waals surface area contributed by atoms with E-state index in [1.54, 1.807) is 35.2 Å². The molecule has 0 radical (unpaired) electrons. The molecule has 0 saturated heterocycles. The Labute approximate surface area is 232 Å². The zero-order valence-corrected chi connectivity index (χ0v) is 23.9. The van der Waals surface area contributed by atoms with Crippen molar-refractivity contribution >= 4 is 27.5 Å². The van der Waals surface area contributed by atoms with Crippen molar-refractivity contribution in [3.8, 4) is 0 Å². The molecule has 0 aromatic heterocycles. The van der Waals surface area contributed by atoms with E-state index in [4.69, 9.17) is 0 Å². The van der Waals surface area contributed by atoms with Gasteiger partial charge in [0.25, 0.3) is 10.0 Å². The lowest BCUT2D eigenvalue weighted by Crippen LogP contribution is -2.53. The number of unbranched alkanes of at least 4 members (excludes halogenated alkanes) is 1. The number of carbonyl (C=O) groups excluding carboxylic acids is 2. The Morgan fingerprint density at radius 1 is 0.872 bits per heavy atom. The Morgan fingerprint density at radius 3 is 2.10 bits per heavy atom. The van der Waals surface area contributed by atoms with E-state index in [0.29, 0.717) is 25.1 Å². The molecule has 0 fully saturated rings. The highest BCUT2D eigenvalue weighted by Crippen LogP contribution is 2.27. The summed E-state index contributed by atoms with van der Waals surface area (Å²) < 4.78 is 28.9. The molecule has 39 heavy (non-hydrogen) atoms. The molecule has 0 spiro atoms. The first-order valence-corrected chi connectivity index (χ1v) is 15.0. The van der Waals surface area contributed by atoms with Gasteiger partial charge in [-0.25, -0.2) is 8.42 Å². The van der Waals surface area contributed by atoms with Crippen LogP contribution >= 0.6 is 0 Å². The molecule has 0 unspecified atom stereocenters. The van der Waals surface area contributed by atoms with Gasteiger partial charge in [-0.05, 0) is 55.5 Å². The molecule has 1 atom stereocenters. The number of anilines is 1. The molecular formula is C31H39N3O4S. The second kappa shape index (κ2) is 14.5. The van der Waals surface area contributed by atoms with Crippen LogP contribution in [0.25, 0.3) is 0 Å². The fourth-order valence-electron chi connectivity index (χ4n) is 4.48. The first-order valence-electron chi connectivity index (χ1n) is 13.5. The quantitative estimate of drug-likeness (QED) is 0.288. The van der Waals surface area contributed by atoms with Crippen molar-refractivity contribution in [2.45, 2.75) is 57.4 Å². The number of rotatable bonds is 14. The molecule has 2 amide bonds. The summed E-state index contributed by atoms with van der Waals surface area (Å²) in [6.07, 6.45) is 2.74. The summed E-state index contributed by atoms with van der Waals surface area (Å²) >= 11 is 0. The molecule has 8 heteroatoms. The zero-order valence-electron chi connectivity index (χ0n) is 23.0. The Bertz CT molecular complexity index is 1310. The monoisotopic (exact) mass is 549 g/mol. The van der Waals surface area contributed by atoms with Gasteiger partial charge in [-0.3, -0.25) is 13.9 Å². The number of hydrogen-bond acceptors (Lipinski definition) is 4. The number of benzene rings is 3. The van der Waals surface area contributed by atoms with E-state index in [9.17, 15) is 18.0 Å². The lowest BCUT2D eigenvalue weighted by Gasteiger charge is -2.33. The second-order valence-electron chi connectivity index (χ2n) is 9.50. The van der Waals surface area contributed by atoms with Crippen LogP contribution < -0.4 is 9.62 Å². The first-order chi connectivity index (χ1) is 18.8. The predicted octanol–water partition coefficient (Wildman–Crippen LogP) is 4.96. The summed E-state index contributed by atoms with van der Waals surface area (Å²) in [6.45, 7) is 6.13. The number of sulfonamides is 1. The van der Waals surface area contributed by atoms with E-state index < -0.39 is 28.5 Å². The fourth-order valence-corrected chi connectivity index (χ4v) is 5.98. The van der Waals surface area contributed by atoms with Crippen LogP contribution in [0, 0.1) is 6.92 Å². The van der Waals surface area contributed by atoms with Crippen molar-refractivity contribution in [1.82, 2.24) is 10.2 Å². The van der Waals surface area contributed by atoms with Gasteiger partial charge >= 0.3 is 0 Å². The maximum atomic E-state index is 14.0. The Hall–Kier alpha value is -3.65. The van der Waals surface area contributed by atoms with Gasteiger partial charge in [0.2, 0.25) is 11.8 Å². The molecule has 0 heterocycles. The van der Waals surface area contributed by atoms with Crippen molar-refractivity contribution in [3.63, 3.8) is 0 Å². The van der Waals surface area contributed by atoms with Gasteiger partial charge in [-0.1, -0.05) is 87.0 Å². The number of amides is 2. The normalized spacial score (nSPS) is 12.0. The first kappa shape index (κ1) is 29.9. The van der Waals surface area contributed by atoms with Crippen LogP contribution in [-0.4, -0.2) is 50.8 Å². The summed E-state index contributed by atoms with van der Waals surface area (Å²) in [5.41, 5.74) is 2.19. The summed E-state index contributed by atoms with van der Waals surface area (Å²) in [5.74, 6) is -0.646. The third-order valence-electron chi connectivity index (χ3n) is 6.69. The van der Waals surface area contributed by atoms with Crippen molar-refractivity contribution in [2.24, 2.45) is 0 Å². The standard InChI is InChI=1S/C31H39N3O4S/c1-4-6-22-32-31(36)28(5-2)33(23-21-26-16-9-7-10-17-26)30(35)24-34(29-20-14-13-15-25(29)3)39(37,38)27-18-11-8-12-19-27/h7-20,28H,4-6,21-24H2,1-3H3,(H,32,36)/t28-/m0/s1. The number of hydrogen-bond donors (Lipinski definition) is 1. The zero-order chi connectivity index (χ0) is 28.3. The second-order valence-corrected chi connectivity index (χ2v) is 11.4. The van der Waals surface area contributed by atoms with E-state index in [0.717, 1.165) is 28.3 Å². The minimum Gasteiger partial charge on any atom is -0.354 e. The summed E-state index contributed by atoms with van der Waals surface area (Å²) in [5, 5.41) is 2.95. The molecule has 0 aliphatic carbocycles. The highest BCUT2D eigenvalue weighted by molar-refractivity contribution is 7.92. The largest absolute Gasteiger partial charge is 0.354 e. The van der Waals surface area contributed by atoms with Crippen molar-refractivity contribution in [2.75, 3.05) is 23.9 Å². The average Bonchev–Trinajstić information content (AvgIpc) is 2.95.